The summed E-state index contributed by atoms with van der Waals surface area (Å²) in [5, 5.41) is 3.13. The van der Waals surface area contributed by atoms with Gasteiger partial charge in [-0.15, -0.1) is 0 Å². The average Bonchev–Trinajstić information content (AvgIpc) is 2.50. The van der Waals surface area contributed by atoms with E-state index in [0.29, 0.717) is 6.61 Å². The number of nitrogens with one attached hydrogen (secondary N) is 1. The van der Waals surface area contributed by atoms with Crippen molar-refractivity contribution in [3.05, 3.63) is 29.6 Å². The molecule has 3 heteroatoms. The minimum Gasteiger partial charge on any atom is -0.493 e. The number of benzene rings is 1. The maximum Gasteiger partial charge on any atom is 0.124 e. The van der Waals surface area contributed by atoms with Crippen LogP contribution in [0.1, 0.15) is 70.4 Å². The molecule has 1 aromatic rings. The van der Waals surface area contributed by atoms with E-state index in [1.807, 2.05) is 14.0 Å². The zero-order chi connectivity index (χ0) is 15.5. The van der Waals surface area contributed by atoms with Crippen molar-refractivity contribution in [2.45, 2.75) is 64.8 Å². The number of halogens is 1. The van der Waals surface area contributed by atoms with Gasteiger partial charge >= 0.3 is 0 Å². The van der Waals surface area contributed by atoms with Crippen molar-refractivity contribution in [2.75, 3.05) is 13.7 Å². The van der Waals surface area contributed by atoms with Crippen molar-refractivity contribution in [1.29, 1.82) is 0 Å². The molecule has 0 spiro atoms. The highest BCUT2D eigenvalue weighted by molar-refractivity contribution is 5.36. The number of ether oxygens (including phenoxy) is 1. The number of rotatable bonds is 11. The molecule has 0 amide bonds. The number of unbranched alkanes of at least 4 members (excludes halogenated alkanes) is 6. The monoisotopic (exact) mass is 295 g/mol. The first-order chi connectivity index (χ1) is 10.2. The highest BCUT2D eigenvalue weighted by atomic mass is 19.1. The summed E-state index contributed by atoms with van der Waals surface area (Å²) in [6.07, 6.45) is 8.87. The van der Waals surface area contributed by atoms with Crippen molar-refractivity contribution in [3.8, 4) is 5.75 Å². The Labute approximate surface area is 129 Å². The predicted octanol–water partition coefficient (Wildman–Crippen LogP) is 5.24. The Bertz CT molecular complexity index is 395. The Kier molecular flexibility index (Phi) is 9.07. The summed E-state index contributed by atoms with van der Waals surface area (Å²) in [6.45, 7) is 4.96. The third-order valence-corrected chi connectivity index (χ3v) is 3.88. The molecule has 1 N–H and O–H groups in total. The molecule has 0 aliphatic heterocycles. The number of hydrogen-bond donors (Lipinski definition) is 1. The first-order valence-corrected chi connectivity index (χ1v) is 8.28. The third-order valence-electron chi connectivity index (χ3n) is 3.88. The van der Waals surface area contributed by atoms with E-state index < -0.39 is 0 Å². The van der Waals surface area contributed by atoms with Gasteiger partial charge in [-0.25, -0.2) is 4.39 Å². The van der Waals surface area contributed by atoms with E-state index in [1.54, 1.807) is 12.1 Å². The fraction of sp³-hybridized carbons (Fsp3) is 0.667. The lowest BCUT2D eigenvalue weighted by atomic mass is 10.1. The van der Waals surface area contributed by atoms with Crippen LogP contribution in [0, 0.1) is 5.82 Å². The molecule has 0 heterocycles. The summed E-state index contributed by atoms with van der Waals surface area (Å²) in [7, 11) is 1.87. The highest BCUT2D eigenvalue weighted by Gasteiger charge is 2.11. The maximum absolute atomic E-state index is 13.4. The van der Waals surface area contributed by atoms with Crippen LogP contribution < -0.4 is 10.1 Å². The van der Waals surface area contributed by atoms with E-state index in [9.17, 15) is 4.39 Å². The summed E-state index contributed by atoms with van der Waals surface area (Å²) < 4.78 is 19.2. The van der Waals surface area contributed by atoms with Gasteiger partial charge in [-0.2, -0.15) is 0 Å². The molecule has 1 atom stereocenters. The van der Waals surface area contributed by atoms with Crippen LogP contribution in [0.5, 0.6) is 5.75 Å². The molecular weight excluding hydrogens is 265 g/mol. The minimum atomic E-state index is -0.213. The molecule has 0 bridgehead atoms. The first-order valence-electron chi connectivity index (χ1n) is 8.28. The summed E-state index contributed by atoms with van der Waals surface area (Å²) in [5.41, 5.74) is 0.889. The molecule has 0 aliphatic rings. The summed E-state index contributed by atoms with van der Waals surface area (Å²) in [6, 6.07) is 4.84. The average molecular weight is 295 g/mol. The lowest BCUT2D eigenvalue weighted by molar-refractivity contribution is 0.298. The largest absolute Gasteiger partial charge is 0.493 e. The molecule has 120 valence electrons. The molecule has 0 fully saturated rings. The van der Waals surface area contributed by atoms with Crippen LogP contribution in [0.2, 0.25) is 0 Å². The molecule has 1 unspecified atom stereocenters. The van der Waals surface area contributed by atoms with Gasteiger partial charge in [-0.05, 0) is 38.6 Å². The van der Waals surface area contributed by atoms with Gasteiger partial charge in [-0.3, -0.25) is 0 Å². The molecule has 0 radical (unpaired) electrons. The zero-order valence-corrected chi connectivity index (χ0v) is 13.8. The minimum absolute atomic E-state index is 0.0877. The SMILES string of the molecule is CCCCCCCCCOc1ccc(F)cc1C(C)NC. The molecule has 0 aromatic heterocycles. The van der Waals surface area contributed by atoms with Gasteiger partial charge < -0.3 is 10.1 Å². The molecular formula is C18H30FNO. The zero-order valence-electron chi connectivity index (χ0n) is 13.8. The maximum atomic E-state index is 13.4. The Morgan fingerprint density at radius 3 is 2.43 bits per heavy atom. The van der Waals surface area contributed by atoms with E-state index in [0.717, 1.165) is 17.7 Å². The van der Waals surface area contributed by atoms with Crippen molar-refractivity contribution in [2.24, 2.45) is 0 Å². The molecule has 21 heavy (non-hydrogen) atoms. The second-order valence-electron chi connectivity index (χ2n) is 5.66. The second-order valence-corrected chi connectivity index (χ2v) is 5.66. The molecule has 2 nitrogen and oxygen atoms in total. The third kappa shape index (κ3) is 6.94. The molecule has 1 rings (SSSR count). The summed E-state index contributed by atoms with van der Waals surface area (Å²) in [5.74, 6) is 0.583. The van der Waals surface area contributed by atoms with Gasteiger partial charge in [0.2, 0.25) is 0 Å². The van der Waals surface area contributed by atoms with E-state index in [1.165, 1.54) is 44.6 Å². The van der Waals surface area contributed by atoms with Crippen molar-refractivity contribution in [3.63, 3.8) is 0 Å². The van der Waals surface area contributed by atoms with E-state index in [-0.39, 0.29) is 11.9 Å². The predicted molar refractivity (Wildman–Crippen MR) is 87.4 cm³/mol. The quantitative estimate of drug-likeness (QED) is 0.564. The highest BCUT2D eigenvalue weighted by Crippen LogP contribution is 2.26. The Balaban J connectivity index is 2.31. The normalized spacial score (nSPS) is 12.4. The second kappa shape index (κ2) is 10.6. The lowest BCUT2D eigenvalue weighted by Gasteiger charge is -2.16. The Morgan fingerprint density at radius 1 is 1.10 bits per heavy atom. The van der Waals surface area contributed by atoms with E-state index >= 15 is 0 Å². The van der Waals surface area contributed by atoms with Crippen LogP contribution in [-0.4, -0.2) is 13.7 Å². The van der Waals surface area contributed by atoms with Crippen LogP contribution in [0.4, 0.5) is 4.39 Å². The molecule has 0 saturated heterocycles. The number of hydrogen-bond acceptors (Lipinski definition) is 2. The molecule has 1 aromatic carbocycles. The Morgan fingerprint density at radius 2 is 1.76 bits per heavy atom. The topological polar surface area (TPSA) is 21.3 Å². The van der Waals surface area contributed by atoms with Crippen LogP contribution in [0.15, 0.2) is 18.2 Å². The van der Waals surface area contributed by atoms with Crippen LogP contribution >= 0.6 is 0 Å². The van der Waals surface area contributed by atoms with Gasteiger partial charge in [-0.1, -0.05) is 45.4 Å². The Hall–Kier alpha value is -1.09. The van der Waals surface area contributed by atoms with Gasteiger partial charge in [0.25, 0.3) is 0 Å². The van der Waals surface area contributed by atoms with Crippen molar-refractivity contribution in [1.82, 2.24) is 5.32 Å². The first kappa shape index (κ1) is 18.0. The summed E-state index contributed by atoms with van der Waals surface area (Å²) >= 11 is 0. The van der Waals surface area contributed by atoms with Gasteiger partial charge in [0, 0.05) is 11.6 Å². The lowest BCUT2D eigenvalue weighted by Crippen LogP contribution is -2.14. The molecule has 0 saturated carbocycles. The standard InChI is InChI=1S/C18H30FNO/c1-4-5-6-7-8-9-10-13-21-18-12-11-16(19)14-17(18)15(2)20-3/h11-12,14-15,20H,4-10,13H2,1-3H3. The van der Waals surface area contributed by atoms with Gasteiger partial charge in [0.05, 0.1) is 6.61 Å². The van der Waals surface area contributed by atoms with Crippen molar-refractivity contribution < 1.29 is 9.13 Å². The van der Waals surface area contributed by atoms with Crippen LogP contribution in [0.25, 0.3) is 0 Å². The van der Waals surface area contributed by atoms with Crippen molar-refractivity contribution >= 4 is 0 Å². The fourth-order valence-electron chi connectivity index (χ4n) is 2.39. The van der Waals surface area contributed by atoms with E-state index in [4.69, 9.17) is 4.74 Å². The van der Waals surface area contributed by atoms with Gasteiger partial charge in [0.15, 0.2) is 0 Å². The molecule has 0 aliphatic carbocycles. The summed E-state index contributed by atoms with van der Waals surface area (Å²) in [4.78, 5) is 0. The van der Waals surface area contributed by atoms with Gasteiger partial charge in [0.1, 0.15) is 11.6 Å². The van der Waals surface area contributed by atoms with Crippen LogP contribution in [0.3, 0.4) is 0 Å². The van der Waals surface area contributed by atoms with E-state index in [2.05, 4.69) is 12.2 Å². The van der Waals surface area contributed by atoms with Crippen LogP contribution in [-0.2, 0) is 0 Å². The fourth-order valence-corrected chi connectivity index (χ4v) is 2.39. The smallest absolute Gasteiger partial charge is 0.124 e.